The lowest BCUT2D eigenvalue weighted by atomic mass is 9.95. The van der Waals surface area contributed by atoms with Crippen LogP contribution in [0, 0.1) is 12.8 Å². The maximum absolute atomic E-state index is 12.7. The van der Waals surface area contributed by atoms with Crippen LogP contribution in [0.25, 0.3) is 0 Å². The number of anilines is 1. The molecule has 4 rings (SSSR count). The van der Waals surface area contributed by atoms with Gasteiger partial charge in [0.25, 0.3) is 10.2 Å². The lowest BCUT2D eigenvalue weighted by molar-refractivity contribution is 0.153. The molecule has 1 aromatic rings. The number of piperidine rings is 1. The Hall–Kier alpha value is -1.64. The molecule has 1 N–H and O–H groups in total. The number of carbonyl (C=O) groups excluding carboxylic acids is 1. The molecule has 1 aromatic carbocycles. The van der Waals surface area contributed by atoms with Gasteiger partial charge in [-0.3, -0.25) is 0 Å². The van der Waals surface area contributed by atoms with Crippen molar-refractivity contribution < 1.29 is 13.2 Å². The Kier molecular flexibility index (Phi) is 5.04. The lowest BCUT2D eigenvalue weighted by Crippen LogP contribution is -2.50. The molecule has 2 bridgehead atoms. The third-order valence-corrected chi connectivity index (χ3v) is 6.87. The maximum atomic E-state index is 12.7. The van der Waals surface area contributed by atoms with Crippen LogP contribution in [0.2, 0.25) is 0 Å². The number of hydrogen-bond donors (Lipinski definition) is 1. The highest BCUT2D eigenvalue weighted by atomic mass is 32.2. The van der Waals surface area contributed by atoms with Gasteiger partial charge in [-0.05, 0) is 43.4 Å². The van der Waals surface area contributed by atoms with E-state index in [1.165, 1.54) is 8.61 Å². The van der Waals surface area contributed by atoms with Gasteiger partial charge in [-0.2, -0.15) is 17.0 Å². The second kappa shape index (κ2) is 6.93. The Morgan fingerprint density at radius 1 is 1.20 bits per heavy atom. The van der Waals surface area contributed by atoms with Crippen molar-refractivity contribution in [1.82, 2.24) is 13.5 Å². The highest BCUT2D eigenvalue weighted by Crippen LogP contribution is 2.30. The summed E-state index contributed by atoms with van der Waals surface area (Å²) in [5, 5.41) is 2.95. The summed E-state index contributed by atoms with van der Waals surface area (Å²) in [4.78, 5) is 14.6. The Bertz CT molecular complexity index is 750. The van der Waals surface area contributed by atoms with Crippen LogP contribution in [0.5, 0.6) is 0 Å². The van der Waals surface area contributed by atoms with E-state index in [-0.39, 0.29) is 18.0 Å². The second-order valence-electron chi connectivity index (χ2n) is 7.16. The van der Waals surface area contributed by atoms with Crippen molar-refractivity contribution in [3.05, 3.63) is 29.8 Å². The van der Waals surface area contributed by atoms with Gasteiger partial charge in [-0.1, -0.05) is 12.1 Å². The molecule has 8 heteroatoms. The number of urea groups is 1. The molecule has 3 heterocycles. The minimum Gasteiger partial charge on any atom is -0.320 e. The molecular formula is C17H26N4O3S. The summed E-state index contributed by atoms with van der Waals surface area (Å²) in [6, 6.07) is 7.45. The van der Waals surface area contributed by atoms with Gasteiger partial charge in [-0.25, -0.2) is 4.79 Å². The molecule has 7 nitrogen and oxygen atoms in total. The number of hydrogen-bond acceptors (Lipinski definition) is 3. The highest BCUT2D eigenvalue weighted by Gasteiger charge is 2.41. The molecule has 3 aliphatic rings. The number of nitrogens with one attached hydrogen (secondary N) is 1. The number of rotatable bonds is 3. The second-order valence-corrected chi connectivity index (χ2v) is 9.30. The summed E-state index contributed by atoms with van der Waals surface area (Å²) in [6.07, 6.45) is 1.80. The molecule has 3 aliphatic heterocycles. The van der Waals surface area contributed by atoms with E-state index in [1.807, 2.05) is 36.1 Å². The first-order chi connectivity index (χ1) is 11.8. The van der Waals surface area contributed by atoms with E-state index >= 15 is 0 Å². The molecule has 0 radical (unpaired) electrons. The molecule has 0 aliphatic carbocycles. The first-order valence-electron chi connectivity index (χ1n) is 8.59. The average molecular weight is 366 g/mol. The number of fused-ring (bicyclic) bond motifs is 4. The third kappa shape index (κ3) is 3.80. The van der Waals surface area contributed by atoms with Crippen LogP contribution >= 0.6 is 0 Å². The Morgan fingerprint density at radius 3 is 2.64 bits per heavy atom. The van der Waals surface area contributed by atoms with Gasteiger partial charge in [0.1, 0.15) is 0 Å². The highest BCUT2D eigenvalue weighted by molar-refractivity contribution is 7.86. The van der Waals surface area contributed by atoms with Crippen LogP contribution in [-0.4, -0.2) is 67.7 Å². The van der Waals surface area contributed by atoms with Gasteiger partial charge in [-0.15, -0.1) is 0 Å². The third-order valence-electron chi connectivity index (χ3n) is 5.00. The summed E-state index contributed by atoms with van der Waals surface area (Å²) in [5.74, 6) is 0.178. The van der Waals surface area contributed by atoms with Crippen LogP contribution in [-0.2, 0) is 10.2 Å². The van der Waals surface area contributed by atoms with Gasteiger partial charge in [0, 0.05) is 45.5 Å². The first-order valence-corrected chi connectivity index (χ1v) is 9.99. The van der Waals surface area contributed by atoms with Gasteiger partial charge < -0.3 is 10.2 Å². The summed E-state index contributed by atoms with van der Waals surface area (Å²) >= 11 is 0. The van der Waals surface area contributed by atoms with E-state index in [0.29, 0.717) is 19.6 Å². The van der Waals surface area contributed by atoms with Crippen molar-refractivity contribution in [3.63, 3.8) is 0 Å². The molecule has 0 aromatic heterocycles. The average Bonchev–Trinajstić information content (AvgIpc) is 2.87. The van der Waals surface area contributed by atoms with E-state index in [0.717, 1.165) is 24.1 Å². The van der Waals surface area contributed by atoms with Crippen molar-refractivity contribution in [3.8, 4) is 0 Å². The fraction of sp³-hybridized carbons (Fsp3) is 0.588. The molecule has 138 valence electrons. The smallest absolute Gasteiger partial charge is 0.320 e. The topological polar surface area (TPSA) is 73.0 Å². The summed E-state index contributed by atoms with van der Waals surface area (Å²) in [6.45, 7) is 3.42. The monoisotopic (exact) mass is 366 g/mol. The predicted molar refractivity (Wildman–Crippen MR) is 97.6 cm³/mol. The number of aryl methyl sites for hydroxylation is 1. The van der Waals surface area contributed by atoms with Crippen LogP contribution in [0.4, 0.5) is 10.5 Å². The van der Waals surface area contributed by atoms with Crippen molar-refractivity contribution in [2.45, 2.75) is 25.8 Å². The normalized spacial score (nSPS) is 24.4. The van der Waals surface area contributed by atoms with Gasteiger partial charge in [0.15, 0.2) is 0 Å². The molecule has 2 amide bonds. The van der Waals surface area contributed by atoms with Crippen LogP contribution in [0.15, 0.2) is 24.3 Å². The Morgan fingerprint density at radius 2 is 1.96 bits per heavy atom. The van der Waals surface area contributed by atoms with Crippen molar-refractivity contribution >= 4 is 21.9 Å². The van der Waals surface area contributed by atoms with Gasteiger partial charge >= 0.3 is 6.03 Å². The van der Waals surface area contributed by atoms with Crippen molar-refractivity contribution in [2.24, 2.45) is 5.92 Å². The van der Waals surface area contributed by atoms with E-state index in [2.05, 4.69) is 5.32 Å². The van der Waals surface area contributed by atoms with E-state index in [9.17, 15) is 13.2 Å². The van der Waals surface area contributed by atoms with Gasteiger partial charge in [0.2, 0.25) is 0 Å². The molecule has 25 heavy (non-hydrogen) atoms. The lowest BCUT2D eigenvalue weighted by Gasteiger charge is -2.36. The van der Waals surface area contributed by atoms with Crippen LogP contribution < -0.4 is 5.32 Å². The van der Waals surface area contributed by atoms with Crippen molar-refractivity contribution in [1.29, 1.82) is 0 Å². The molecular weight excluding hydrogens is 340 g/mol. The maximum Gasteiger partial charge on any atom is 0.322 e. The fourth-order valence-electron chi connectivity index (χ4n) is 3.63. The minimum atomic E-state index is -3.45. The van der Waals surface area contributed by atoms with Crippen LogP contribution in [0.3, 0.4) is 0 Å². The standard InChI is InChI=1S/C17H26N4O3S/c1-13-5-4-6-15(9-13)18-17(22)21-11-14-7-8-16(21)12-20(10-14)25(23,24)19(2)3/h4-6,9,14,16H,7-8,10-12H2,1-3H3,(H,18,22)/t14-,16+/m0/s1. The zero-order valence-corrected chi connectivity index (χ0v) is 15.8. The molecule has 0 spiro atoms. The minimum absolute atomic E-state index is 0.0849. The summed E-state index contributed by atoms with van der Waals surface area (Å²) in [7, 11) is -0.363. The van der Waals surface area contributed by atoms with E-state index in [4.69, 9.17) is 0 Å². The molecule has 0 saturated carbocycles. The predicted octanol–water partition coefficient (Wildman–Crippen LogP) is 1.73. The molecule has 2 atom stereocenters. The van der Waals surface area contributed by atoms with Crippen LogP contribution in [0.1, 0.15) is 18.4 Å². The first kappa shape index (κ1) is 18.2. The summed E-state index contributed by atoms with van der Waals surface area (Å²) in [5.41, 5.74) is 1.85. The number of nitrogens with zero attached hydrogens (tertiary/aromatic N) is 3. The quantitative estimate of drug-likeness (QED) is 0.885. The molecule has 3 fully saturated rings. The Balaban J connectivity index is 1.75. The Labute approximate surface area is 149 Å². The number of benzene rings is 1. The van der Waals surface area contributed by atoms with Gasteiger partial charge in [0.05, 0.1) is 0 Å². The van der Waals surface area contributed by atoms with Crippen molar-refractivity contribution in [2.75, 3.05) is 39.0 Å². The summed E-state index contributed by atoms with van der Waals surface area (Å²) < 4.78 is 27.8. The SMILES string of the molecule is Cc1cccc(NC(=O)N2C[C@H]3CC[C@@H]2CN(S(=O)(=O)N(C)C)C3)c1. The zero-order valence-electron chi connectivity index (χ0n) is 15.0. The number of carbonyl (C=O) groups is 1. The largest absolute Gasteiger partial charge is 0.322 e. The fourth-order valence-corrected chi connectivity index (χ4v) is 4.85. The molecule has 0 unspecified atom stereocenters. The van der Waals surface area contributed by atoms with E-state index in [1.54, 1.807) is 14.1 Å². The van der Waals surface area contributed by atoms with E-state index < -0.39 is 10.2 Å². The molecule has 3 saturated heterocycles. The number of amides is 2. The zero-order chi connectivity index (χ0) is 18.2.